The first-order valence-corrected chi connectivity index (χ1v) is 7.53. The number of benzene rings is 1. The van der Waals surface area contributed by atoms with Crippen LogP contribution in [0.2, 0.25) is 0 Å². The first-order valence-electron chi connectivity index (χ1n) is 6.24. The molecule has 2 heterocycles. The summed E-state index contributed by atoms with van der Waals surface area (Å²) < 4.78 is 10.6. The predicted molar refractivity (Wildman–Crippen MR) is 83.2 cm³/mol. The molecule has 1 aliphatic heterocycles. The zero-order chi connectivity index (χ0) is 13.8. The van der Waals surface area contributed by atoms with Gasteiger partial charge in [-0.2, -0.15) is 0 Å². The van der Waals surface area contributed by atoms with Crippen molar-refractivity contribution in [1.29, 1.82) is 0 Å². The average Bonchev–Trinajstić information content (AvgIpc) is 3.13. The number of thiocarbonyl (C=S) groups is 1. The topological polar surface area (TPSA) is 42.5 Å². The molecule has 0 unspecified atom stereocenters. The Morgan fingerprint density at radius 2 is 2.00 bits per heavy atom. The van der Waals surface area contributed by atoms with E-state index in [2.05, 4.69) is 22.1 Å². The molecule has 1 aromatic carbocycles. The first kappa shape index (κ1) is 13.2. The molecule has 0 saturated heterocycles. The second-order valence-electron chi connectivity index (χ2n) is 4.30. The van der Waals surface area contributed by atoms with E-state index >= 15 is 0 Å². The Morgan fingerprint density at radius 3 is 2.85 bits per heavy atom. The number of thiophene rings is 1. The molecule has 104 valence electrons. The quantitative estimate of drug-likeness (QED) is 0.850. The van der Waals surface area contributed by atoms with Gasteiger partial charge >= 0.3 is 0 Å². The van der Waals surface area contributed by atoms with Crippen molar-refractivity contribution in [1.82, 2.24) is 10.6 Å². The monoisotopic (exact) mass is 306 g/mol. The van der Waals surface area contributed by atoms with Crippen molar-refractivity contribution in [2.75, 3.05) is 6.79 Å². The zero-order valence-electron chi connectivity index (χ0n) is 10.7. The van der Waals surface area contributed by atoms with Gasteiger partial charge in [0.2, 0.25) is 6.79 Å². The Morgan fingerprint density at radius 1 is 1.15 bits per heavy atom. The van der Waals surface area contributed by atoms with Gasteiger partial charge in [-0.25, -0.2) is 0 Å². The second kappa shape index (κ2) is 6.11. The van der Waals surface area contributed by atoms with E-state index in [1.807, 2.05) is 24.3 Å². The summed E-state index contributed by atoms with van der Waals surface area (Å²) >= 11 is 6.96. The summed E-state index contributed by atoms with van der Waals surface area (Å²) in [5, 5.41) is 9.07. The van der Waals surface area contributed by atoms with Crippen LogP contribution in [0.15, 0.2) is 35.7 Å². The van der Waals surface area contributed by atoms with Crippen molar-refractivity contribution in [3.05, 3.63) is 46.2 Å². The number of ether oxygens (including phenoxy) is 2. The van der Waals surface area contributed by atoms with Crippen LogP contribution >= 0.6 is 23.6 Å². The largest absolute Gasteiger partial charge is 0.454 e. The molecule has 6 heteroatoms. The number of hydrogen-bond donors (Lipinski definition) is 2. The first-order chi connectivity index (χ1) is 9.81. The van der Waals surface area contributed by atoms with Crippen molar-refractivity contribution in [2.45, 2.75) is 13.1 Å². The predicted octanol–water partition coefficient (Wildman–Crippen LogP) is 2.64. The van der Waals surface area contributed by atoms with E-state index in [4.69, 9.17) is 21.7 Å². The lowest BCUT2D eigenvalue weighted by Crippen LogP contribution is -2.34. The Balaban J connectivity index is 1.48. The highest BCUT2D eigenvalue weighted by Crippen LogP contribution is 2.32. The molecule has 0 spiro atoms. The van der Waals surface area contributed by atoms with Crippen LogP contribution in [0.5, 0.6) is 11.5 Å². The third-order valence-corrected chi connectivity index (χ3v) is 4.06. The van der Waals surface area contributed by atoms with Crippen LogP contribution in [-0.4, -0.2) is 11.9 Å². The maximum Gasteiger partial charge on any atom is 0.231 e. The highest BCUT2D eigenvalue weighted by molar-refractivity contribution is 7.80. The van der Waals surface area contributed by atoms with Crippen molar-refractivity contribution >= 4 is 28.7 Å². The summed E-state index contributed by atoms with van der Waals surface area (Å²) in [4.78, 5) is 1.26. The van der Waals surface area contributed by atoms with Crippen LogP contribution in [0.25, 0.3) is 0 Å². The van der Waals surface area contributed by atoms with E-state index in [1.54, 1.807) is 11.3 Å². The molecule has 0 radical (unpaired) electrons. The molecule has 0 bridgehead atoms. The molecule has 2 N–H and O–H groups in total. The number of rotatable bonds is 4. The minimum absolute atomic E-state index is 0.299. The van der Waals surface area contributed by atoms with Crippen LogP contribution in [0.1, 0.15) is 10.4 Å². The van der Waals surface area contributed by atoms with Gasteiger partial charge in [0.15, 0.2) is 16.6 Å². The molecule has 2 aromatic rings. The van der Waals surface area contributed by atoms with E-state index in [0.29, 0.717) is 18.5 Å². The minimum atomic E-state index is 0.299. The molecule has 0 amide bonds. The van der Waals surface area contributed by atoms with Gasteiger partial charge in [-0.3, -0.25) is 0 Å². The molecule has 4 nitrogen and oxygen atoms in total. The fourth-order valence-corrected chi connectivity index (χ4v) is 2.67. The SMILES string of the molecule is S=C(NCc1ccc2c(c1)OCO2)NCc1cccs1. The molecule has 1 aliphatic rings. The molecule has 3 rings (SSSR count). The van der Waals surface area contributed by atoms with E-state index in [1.165, 1.54) is 4.88 Å². The summed E-state index contributed by atoms with van der Waals surface area (Å²) in [6.07, 6.45) is 0. The smallest absolute Gasteiger partial charge is 0.231 e. The Hall–Kier alpha value is -1.79. The van der Waals surface area contributed by atoms with Crippen LogP contribution in [0.4, 0.5) is 0 Å². The third-order valence-electron chi connectivity index (χ3n) is 2.89. The van der Waals surface area contributed by atoms with Gasteiger partial charge in [0.25, 0.3) is 0 Å². The summed E-state index contributed by atoms with van der Waals surface area (Å²) in [5.41, 5.74) is 1.11. The molecule has 0 aliphatic carbocycles. The van der Waals surface area contributed by atoms with Crippen molar-refractivity contribution in [3.8, 4) is 11.5 Å². The van der Waals surface area contributed by atoms with Crippen LogP contribution < -0.4 is 20.1 Å². The molecule has 0 atom stereocenters. The second-order valence-corrected chi connectivity index (χ2v) is 5.74. The van der Waals surface area contributed by atoms with Crippen LogP contribution in [0.3, 0.4) is 0 Å². The highest BCUT2D eigenvalue weighted by Gasteiger charge is 2.12. The van der Waals surface area contributed by atoms with Crippen molar-refractivity contribution in [3.63, 3.8) is 0 Å². The van der Waals surface area contributed by atoms with Crippen molar-refractivity contribution in [2.24, 2.45) is 0 Å². The molecule has 1 aromatic heterocycles. The highest BCUT2D eigenvalue weighted by atomic mass is 32.1. The van der Waals surface area contributed by atoms with Gasteiger partial charge in [-0.1, -0.05) is 12.1 Å². The average molecular weight is 306 g/mol. The number of hydrogen-bond acceptors (Lipinski definition) is 4. The van der Waals surface area contributed by atoms with E-state index in [0.717, 1.165) is 23.6 Å². The van der Waals surface area contributed by atoms with Gasteiger partial charge in [-0.05, 0) is 41.4 Å². The number of nitrogens with one attached hydrogen (secondary N) is 2. The lowest BCUT2D eigenvalue weighted by Gasteiger charge is -2.10. The van der Waals surface area contributed by atoms with Crippen LogP contribution in [0, 0.1) is 0 Å². The van der Waals surface area contributed by atoms with Gasteiger partial charge in [0.1, 0.15) is 0 Å². The zero-order valence-corrected chi connectivity index (χ0v) is 12.4. The fourth-order valence-electron chi connectivity index (χ4n) is 1.88. The van der Waals surface area contributed by atoms with Crippen molar-refractivity contribution < 1.29 is 9.47 Å². The molecule has 20 heavy (non-hydrogen) atoms. The lowest BCUT2D eigenvalue weighted by atomic mass is 10.2. The Labute approximate surface area is 126 Å². The molecule has 0 saturated carbocycles. The van der Waals surface area contributed by atoms with Gasteiger partial charge in [-0.15, -0.1) is 11.3 Å². The maximum absolute atomic E-state index is 5.35. The van der Waals surface area contributed by atoms with Gasteiger partial charge < -0.3 is 20.1 Å². The van der Waals surface area contributed by atoms with E-state index in [9.17, 15) is 0 Å². The summed E-state index contributed by atoms with van der Waals surface area (Å²) in [5.74, 6) is 1.59. The maximum atomic E-state index is 5.35. The van der Waals surface area contributed by atoms with E-state index < -0.39 is 0 Å². The molecular weight excluding hydrogens is 292 g/mol. The normalized spacial score (nSPS) is 12.2. The van der Waals surface area contributed by atoms with Crippen LogP contribution in [-0.2, 0) is 13.1 Å². The van der Waals surface area contributed by atoms with E-state index in [-0.39, 0.29) is 0 Å². The van der Waals surface area contributed by atoms with Gasteiger partial charge in [0.05, 0.1) is 6.54 Å². The lowest BCUT2D eigenvalue weighted by molar-refractivity contribution is 0.174. The molecule has 0 fully saturated rings. The standard InChI is InChI=1S/C14H14N2O2S2/c19-14(16-8-11-2-1-5-20-11)15-7-10-3-4-12-13(6-10)18-9-17-12/h1-6H,7-9H2,(H2,15,16,19). The van der Waals surface area contributed by atoms with Gasteiger partial charge in [0, 0.05) is 11.4 Å². The molecular formula is C14H14N2O2S2. The fraction of sp³-hybridized carbons (Fsp3) is 0.214. The number of fused-ring (bicyclic) bond motifs is 1. The Bertz CT molecular complexity index is 599. The summed E-state index contributed by atoms with van der Waals surface area (Å²) in [7, 11) is 0. The Kier molecular flexibility index (Phi) is 4.03. The third kappa shape index (κ3) is 3.20. The minimum Gasteiger partial charge on any atom is -0.454 e. The summed E-state index contributed by atoms with van der Waals surface area (Å²) in [6.45, 7) is 1.71. The summed E-state index contributed by atoms with van der Waals surface area (Å²) in [6, 6.07) is 10.0.